The topological polar surface area (TPSA) is 49.0 Å². The van der Waals surface area contributed by atoms with E-state index in [0.717, 1.165) is 16.1 Å². The van der Waals surface area contributed by atoms with Gasteiger partial charge in [0, 0.05) is 18.6 Å². The minimum Gasteiger partial charge on any atom is -0.336 e. The van der Waals surface area contributed by atoms with Gasteiger partial charge in [-0.2, -0.15) is 5.10 Å². The normalized spacial score (nSPS) is 10.6. The molecule has 0 fully saturated rings. The highest BCUT2D eigenvalue weighted by Crippen LogP contribution is 2.23. The molecule has 0 bridgehead atoms. The molecule has 22 heavy (non-hydrogen) atoms. The molecule has 0 spiro atoms. The van der Waals surface area contributed by atoms with Crippen LogP contribution in [0.25, 0.3) is 10.6 Å². The van der Waals surface area contributed by atoms with Gasteiger partial charge in [0.25, 0.3) is 5.91 Å². The number of thiophene rings is 1. The fourth-order valence-corrected chi connectivity index (χ4v) is 3.03. The summed E-state index contributed by atoms with van der Waals surface area (Å²) in [5, 5.41) is 9.66. The summed E-state index contributed by atoms with van der Waals surface area (Å²) < 4.78 is 0. The van der Waals surface area contributed by atoms with E-state index in [1.165, 1.54) is 0 Å². The molecular formula is C16H14ClN3OS. The molecule has 4 nitrogen and oxygen atoms in total. The first-order valence-electron chi connectivity index (χ1n) is 6.73. The number of rotatable bonds is 4. The third kappa shape index (κ3) is 3.05. The summed E-state index contributed by atoms with van der Waals surface area (Å²) in [6.07, 6.45) is 0. The quantitative estimate of drug-likeness (QED) is 0.783. The summed E-state index contributed by atoms with van der Waals surface area (Å²) in [4.78, 5) is 15.1. The number of nitrogens with zero attached hydrogens (tertiary/aromatic N) is 2. The van der Waals surface area contributed by atoms with E-state index in [4.69, 9.17) is 11.6 Å². The number of hydrogen-bond acceptors (Lipinski definition) is 3. The van der Waals surface area contributed by atoms with Crippen molar-refractivity contribution in [3.8, 4) is 10.6 Å². The fourth-order valence-electron chi connectivity index (χ4n) is 2.14. The van der Waals surface area contributed by atoms with E-state index in [1.807, 2.05) is 41.8 Å². The Labute approximate surface area is 137 Å². The van der Waals surface area contributed by atoms with Crippen molar-refractivity contribution >= 4 is 28.8 Å². The zero-order chi connectivity index (χ0) is 15.5. The van der Waals surface area contributed by atoms with Gasteiger partial charge in [0.15, 0.2) is 5.69 Å². The van der Waals surface area contributed by atoms with Crippen molar-refractivity contribution in [1.29, 1.82) is 0 Å². The Hall–Kier alpha value is -2.11. The summed E-state index contributed by atoms with van der Waals surface area (Å²) in [5.41, 5.74) is 2.16. The molecule has 0 atom stereocenters. The highest BCUT2D eigenvalue weighted by atomic mass is 35.5. The maximum Gasteiger partial charge on any atom is 0.274 e. The lowest BCUT2D eigenvalue weighted by Crippen LogP contribution is -2.26. The van der Waals surface area contributed by atoms with E-state index >= 15 is 0 Å². The largest absolute Gasteiger partial charge is 0.336 e. The van der Waals surface area contributed by atoms with Crippen molar-refractivity contribution in [2.45, 2.75) is 6.54 Å². The lowest BCUT2D eigenvalue weighted by Gasteiger charge is -2.16. The predicted octanol–water partition coefficient (Wildman–Crippen LogP) is 4.06. The van der Waals surface area contributed by atoms with Crippen LogP contribution in [0.1, 0.15) is 16.1 Å². The Morgan fingerprint density at radius 3 is 2.86 bits per heavy atom. The summed E-state index contributed by atoms with van der Waals surface area (Å²) in [7, 11) is 1.74. The SMILES string of the molecule is CN(Cc1ccccc1Cl)C(=O)c1cc(-c2cccs2)[nH]n1. The van der Waals surface area contributed by atoms with Gasteiger partial charge in [-0.25, -0.2) is 0 Å². The number of aromatic amines is 1. The maximum absolute atomic E-state index is 12.4. The van der Waals surface area contributed by atoms with E-state index in [9.17, 15) is 4.79 Å². The van der Waals surface area contributed by atoms with Crippen molar-refractivity contribution in [1.82, 2.24) is 15.1 Å². The Bertz CT molecular complexity index is 782. The lowest BCUT2D eigenvalue weighted by atomic mass is 10.2. The minimum absolute atomic E-state index is 0.140. The number of halogens is 1. The van der Waals surface area contributed by atoms with Crippen LogP contribution in [0, 0.1) is 0 Å². The van der Waals surface area contributed by atoms with Crippen LogP contribution >= 0.6 is 22.9 Å². The van der Waals surface area contributed by atoms with Crippen LogP contribution < -0.4 is 0 Å². The second-order valence-electron chi connectivity index (χ2n) is 4.90. The maximum atomic E-state index is 12.4. The van der Waals surface area contributed by atoms with Crippen LogP contribution in [-0.4, -0.2) is 28.1 Å². The minimum atomic E-state index is -0.140. The van der Waals surface area contributed by atoms with Crippen LogP contribution in [0.15, 0.2) is 47.8 Å². The summed E-state index contributed by atoms with van der Waals surface area (Å²) in [6, 6.07) is 13.2. The second-order valence-corrected chi connectivity index (χ2v) is 6.25. The molecule has 1 N–H and O–H groups in total. The van der Waals surface area contributed by atoms with Gasteiger partial charge in [-0.3, -0.25) is 9.89 Å². The molecule has 1 aromatic carbocycles. The van der Waals surface area contributed by atoms with E-state index in [0.29, 0.717) is 17.3 Å². The van der Waals surface area contributed by atoms with Crippen LogP contribution in [0.2, 0.25) is 5.02 Å². The third-order valence-electron chi connectivity index (χ3n) is 3.30. The molecule has 0 saturated heterocycles. The van der Waals surface area contributed by atoms with Crippen LogP contribution in [0.4, 0.5) is 0 Å². The van der Waals surface area contributed by atoms with Gasteiger partial charge < -0.3 is 4.90 Å². The van der Waals surface area contributed by atoms with Gasteiger partial charge in [0.2, 0.25) is 0 Å². The highest BCUT2D eigenvalue weighted by Gasteiger charge is 2.17. The smallest absolute Gasteiger partial charge is 0.274 e. The van der Waals surface area contributed by atoms with Crippen molar-refractivity contribution in [2.24, 2.45) is 0 Å². The Morgan fingerprint density at radius 2 is 2.14 bits per heavy atom. The van der Waals surface area contributed by atoms with Gasteiger partial charge in [-0.15, -0.1) is 11.3 Å². The van der Waals surface area contributed by atoms with Gasteiger partial charge in [-0.1, -0.05) is 35.9 Å². The van der Waals surface area contributed by atoms with E-state index < -0.39 is 0 Å². The van der Waals surface area contributed by atoms with E-state index in [-0.39, 0.29) is 5.91 Å². The number of nitrogens with one attached hydrogen (secondary N) is 1. The zero-order valence-corrected chi connectivity index (χ0v) is 13.5. The summed E-state index contributed by atoms with van der Waals surface area (Å²) in [5.74, 6) is -0.140. The second kappa shape index (κ2) is 6.34. The number of aromatic nitrogens is 2. The van der Waals surface area contributed by atoms with Gasteiger partial charge >= 0.3 is 0 Å². The van der Waals surface area contributed by atoms with E-state index in [1.54, 1.807) is 29.4 Å². The molecule has 3 rings (SSSR count). The molecule has 0 aliphatic heterocycles. The molecule has 0 aliphatic rings. The zero-order valence-electron chi connectivity index (χ0n) is 11.9. The van der Waals surface area contributed by atoms with Crippen molar-refractivity contribution in [3.05, 3.63) is 64.1 Å². The molecule has 0 saturated carbocycles. The summed E-state index contributed by atoms with van der Waals surface area (Å²) >= 11 is 7.73. The molecule has 0 unspecified atom stereocenters. The third-order valence-corrected chi connectivity index (χ3v) is 4.57. The number of carbonyl (C=O) groups is 1. The van der Waals surface area contributed by atoms with Crippen LogP contribution in [0.5, 0.6) is 0 Å². The molecule has 1 amide bonds. The predicted molar refractivity (Wildman–Crippen MR) is 89.2 cm³/mol. The van der Waals surface area contributed by atoms with Crippen LogP contribution in [0.3, 0.4) is 0 Å². The number of hydrogen-bond donors (Lipinski definition) is 1. The molecule has 0 radical (unpaired) electrons. The van der Waals surface area contributed by atoms with Crippen LogP contribution in [-0.2, 0) is 6.54 Å². The van der Waals surface area contributed by atoms with Gasteiger partial charge in [0.1, 0.15) is 0 Å². The molecule has 3 aromatic rings. The molecule has 0 aliphatic carbocycles. The average Bonchev–Trinajstić information content (AvgIpc) is 3.19. The first kappa shape index (κ1) is 14.8. The fraction of sp³-hybridized carbons (Fsp3) is 0.125. The van der Waals surface area contributed by atoms with Gasteiger partial charge in [-0.05, 0) is 29.1 Å². The molecule has 6 heteroatoms. The number of carbonyl (C=O) groups excluding carboxylic acids is 1. The molecule has 2 aromatic heterocycles. The Morgan fingerprint density at radius 1 is 1.32 bits per heavy atom. The number of amides is 1. The first-order valence-corrected chi connectivity index (χ1v) is 7.99. The molecule has 112 valence electrons. The monoisotopic (exact) mass is 331 g/mol. The van der Waals surface area contributed by atoms with Crippen molar-refractivity contribution in [2.75, 3.05) is 7.05 Å². The van der Waals surface area contributed by atoms with Crippen molar-refractivity contribution < 1.29 is 4.79 Å². The Balaban J connectivity index is 1.75. The van der Waals surface area contributed by atoms with Gasteiger partial charge in [0.05, 0.1) is 10.6 Å². The molecular weight excluding hydrogens is 318 g/mol. The average molecular weight is 332 g/mol. The highest BCUT2D eigenvalue weighted by molar-refractivity contribution is 7.13. The lowest BCUT2D eigenvalue weighted by molar-refractivity contribution is 0.0779. The summed E-state index contributed by atoms with van der Waals surface area (Å²) in [6.45, 7) is 0.444. The van der Waals surface area contributed by atoms with Crippen molar-refractivity contribution in [3.63, 3.8) is 0 Å². The number of H-pyrrole nitrogens is 1. The standard InChI is InChI=1S/C16H14ClN3OS/c1-20(10-11-5-2-3-6-12(11)17)16(21)14-9-13(18-19-14)15-7-4-8-22-15/h2-9H,10H2,1H3,(H,18,19). The number of benzene rings is 1. The first-order chi connectivity index (χ1) is 10.6. The Kier molecular flexibility index (Phi) is 4.27. The molecule has 2 heterocycles. The van der Waals surface area contributed by atoms with E-state index in [2.05, 4.69) is 10.2 Å².